The van der Waals surface area contributed by atoms with Crippen LogP contribution in [0.4, 0.5) is 0 Å². The molecule has 2 rings (SSSR count). The number of carboxylic acids is 1. The third kappa shape index (κ3) is 5.53. The van der Waals surface area contributed by atoms with E-state index < -0.39 is 36.0 Å². The van der Waals surface area contributed by atoms with Gasteiger partial charge in [0, 0.05) is 11.5 Å². The average molecular weight is 434 g/mol. The summed E-state index contributed by atoms with van der Waals surface area (Å²) < 4.78 is 15.8. The summed E-state index contributed by atoms with van der Waals surface area (Å²) in [5.74, 6) is -1.87. The lowest BCUT2D eigenvalue weighted by atomic mass is 10.0. The fraction of sp³-hybridized carbons (Fsp3) is 0.429. The Labute approximate surface area is 178 Å². The molecule has 168 valence electrons. The van der Waals surface area contributed by atoms with Gasteiger partial charge in [-0.15, -0.1) is 0 Å². The largest absolute Gasteiger partial charge is 0.493 e. The van der Waals surface area contributed by atoms with Crippen molar-refractivity contribution in [2.45, 2.75) is 33.2 Å². The molecule has 0 unspecified atom stereocenters. The Bertz CT molecular complexity index is 1060. The monoisotopic (exact) mass is 434 g/mol. The van der Waals surface area contributed by atoms with Crippen molar-refractivity contribution < 1.29 is 33.4 Å². The van der Waals surface area contributed by atoms with Gasteiger partial charge >= 0.3 is 11.6 Å². The molecule has 0 radical (unpaired) electrons. The lowest BCUT2D eigenvalue weighted by Gasteiger charge is -2.18. The van der Waals surface area contributed by atoms with Gasteiger partial charge in [-0.2, -0.15) is 0 Å². The summed E-state index contributed by atoms with van der Waals surface area (Å²) >= 11 is 0. The van der Waals surface area contributed by atoms with E-state index in [2.05, 4.69) is 10.6 Å². The third-order valence-electron chi connectivity index (χ3n) is 4.82. The van der Waals surface area contributed by atoms with Crippen LogP contribution in [0.3, 0.4) is 0 Å². The first-order chi connectivity index (χ1) is 14.6. The quantitative estimate of drug-likeness (QED) is 0.496. The van der Waals surface area contributed by atoms with Gasteiger partial charge in [0.2, 0.25) is 11.8 Å². The first-order valence-corrected chi connectivity index (χ1v) is 9.56. The number of amides is 2. The van der Waals surface area contributed by atoms with Crippen LogP contribution in [0.15, 0.2) is 21.3 Å². The highest BCUT2D eigenvalue weighted by Gasteiger charge is 2.24. The fourth-order valence-electron chi connectivity index (χ4n) is 3.06. The lowest BCUT2D eigenvalue weighted by molar-refractivity contribution is -0.143. The number of hydrogen-bond acceptors (Lipinski definition) is 7. The average Bonchev–Trinajstić information content (AvgIpc) is 2.72. The van der Waals surface area contributed by atoms with Gasteiger partial charge in [-0.1, -0.05) is 13.8 Å². The molecule has 0 aliphatic rings. The van der Waals surface area contributed by atoms with Gasteiger partial charge in [0.05, 0.1) is 32.7 Å². The number of hydrogen-bond donors (Lipinski definition) is 3. The molecule has 0 aliphatic heterocycles. The highest BCUT2D eigenvalue weighted by molar-refractivity contribution is 5.90. The summed E-state index contributed by atoms with van der Waals surface area (Å²) in [5, 5.41) is 14.4. The molecule has 1 heterocycles. The van der Waals surface area contributed by atoms with Crippen LogP contribution in [0.2, 0.25) is 0 Å². The number of methoxy groups -OCH3 is 2. The Balaban J connectivity index is 2.16. The van der Waals surface area contributed by atoms with Crippen LogP contribution in [0.25, 0.3) is 11.0 Å². The van der Waals surface area contributed by atoms with E-state index in [4.69, 9.17) is 19.0 Å². The van der Waals surface area contributed by atoms with Gasteiger partial charge in [0.15, 0.2) is 11.5 Å². The van der Waals surface area contributed by atoms with Crippen molar-refractivity contribution >= 4 is 28.8 Å². The Kier molecular flexibility index (Phi) is 7.62. The van der Waals surface area contributed by atoms with Crippen molar-refractivity contribution in [2.75, 3.05) is 20.8 Å². The van der Waals surface area contributed by atoms with Crippen LogP contribution >= 0.6 is 0 Å². The summed E-state index contributed by atoms with van der Waals surface area (Å²) in [6.07, 6.45) is -0.307. The molecule has 1 aromatic heterocycles. The zero-order valence-corrected chi connectivity index (χ0v) is 18.0. The maximum atomic E-state index is 12.4. The van der Waals surface area contributed by atoms with Crippen molar-refractivity contribution in [2.24, 2.45) is 5.92 Å². The number of benzene rings is 1. The molecule has 1 atom stereocenters. The van der Waals surface area contributed by atoms with Crippen LogP contribution in [0.1, 0.15) is 25.0 Å². The highest BCUT2D eigenvalue weighted by atomic mass is 16.5. The van der Waals surface area contributed by atoms with Crippen LogP contribution in [0.5, 0.6) is 11.5 Å². The molecule has 0 saturated carbocycles. The van der Waals surface area contributed by atoms with Crippen LogP contribution in [-0.2, 0) is 20.8 Å². The Morgan fingerprint density at radius 2 is 1.71 bits per heavy atom. The molecule has 3 N–H and O–H groups in total. The number of carboxylic acid groups (broad SMARTS) is 1. The van der Waals surface area contributed by atoms with Crippen LogP contribution in [0, 0.1) is 12.8 Å². The van der Waals surface area contributed by atoms with Gasteiger partial charge in [-0.05, 0) is 24.5 Å². The van der Waals surface area contributed by atoms with Gasteiger partial charge in [-0.25, -0.2) is 9.59 Å². The van der Waals surface area contributed by atoms with E-state index in [0.29, 0.717) is 22.4 Å². The summed E-state index contributed by atoms with van der Waals surface area (Å²) in [7, 11) is 2.94. The van der Waals surface area contributed by atoms with E-state index in [-0.39, 0.29) is 23.5 Å². The molecule has 31 heavy (non-hydrogen) atoms. The van der Waals surface area contributed by atoms with Gasteiger partial charge in [0.25, 0.3) is 0 Å². The topological polar surface area (TPSA) is 144 Å². The molecule has 2 aromatic rings. The third-order valence-corrected chi connectivity index (χ3v) is 4.82. The summed E-state index contributed by atoms with van der Waals surface area (Å²) in [4.78, 5) is 47.8. The predicted molar refractivity (Wildman–Crippen MR) is 111 cm³/mol. The minimum atomic E-state index is -1.16. The number of aliphatic carboxylic acids is 1. The highest BCUT2D eigenvalue weighted by Crippen LogP contribution is 2.33. The Morgan fingerprint density at radius 3 is 2.26 bits per heavy atom. The number of ether oxygens (including phenoxy) is 2. The molecule has 0 fully saturated rings. The zero-order chi connectivity index (χ0) is 23.3. The van der Waals surface area contributed by atoms with E-state index in [1.165, 1.54) is 20.3 Å². The fourth-order valence-corrected chi connectivity index (χ4v) is 3.06. The standard InChI is InChI=1S/C21H26N2O8/c1-10(2)19(20(26)27)23-18(25)9-22-17(24)7-13-11(3)12-6-15(29-4)16(30-5)8-14(12)31-21(13)28/h6,8,10,19H,7,9H2,1-5H3,(H,22,24)(H,23,25)(H,26,27)/t19-/m0/s1. The van der Waals surface area contributed by atoms with Gasteiger partial charge in [-0.3, -0.25) is 9.59 Å². The van der Waals surface area contributed by atoms with Gasteiger partial charge in [0.1, 0.15) is 11.6 Å². The molecular formula is C21H26N2O8. The second-order valence-electron chi connectivity index (χ2n) is 7.28. The second kappa shape index (κ2) is 9.96. The maximum absolute atomic E-state index is 12.4. The Hall–Kier alpha value is -3.56. The predicted octanol–water partition coefficient (Wildman–Crippen LogP) is 1.00. The van der Waals surface area contributed by atoms with E-state index in [0.717, 1.165) is 0 Å². The normalized spacial score (nSPS) is 11.8. The van der Waals surface area contributed by atoms with Crippen LogP contribution < -0.4 is 25.7 Å². The zero-order valence-electron chi connectivity index (χ0n) is 18.0. The molecule has 10 nitrogen and oxygen atoms in total. The number of aryl methyl sites for hydroxylation is 1. The molecule has 0 spiro atoms. The summed E-state index contributed by atoms with van der Waals surface area (Å²) in [6.45, 7) is 4.58. The summed E-state index contributed by atoms with van der Waals surface area (Å²) in [5.41, 5.74) is 0.292. The summed E-state index contributed by atoms with van der Waals surface area (Å²) in [6, 6.07) is 2.12. The molecule has 10 heteroatoms. The number of rotatable bonds is 9. The molecule has 0 saturated heterocycles. The number of carbonyl (C=O) groups excluding carboxylic acids is 2. The first-order valence-electron chi connectivity index (χ1n) is 9.56. The SMILES string of the molecule is COc1cc2oc(=O)c(CC(=O)NCC(=O)N[C@H](C(=O)O)C(C)C)c(C)c2cc1OC. The minimum absolute atomic E-state index is 0.142. The molecule has 0 aliphatic carbocycles. The molecule has 2 amide bonds. The minimum Gasteiger partial charge on any atom is -0.493 e. The van der Waals surface area contributed by atoms with E-state index >= 15 is 0 Å². The number of fused-ring (bicyclic) bond motifs is 1. The smallest absolute Gasteiger partial charge is 0.340 e. The lowest BCUT2D eigenvalue weighted by Crippen LogP contribution is -2.48. The first kappa shape index (κ1) is 23.7. The van der Waals surface area contributed by atoms with Crippen molar-refractivity contribution in [3.63, 3.8) is 0 Å². The molecular weight excluding hydrogens is 408 g/mol. The van der Waals surface area contributed by atoms with Crippen molar-refractivity contribution in [3.05, 3.63) is 33.7 Å². The van der Waals surface area contributed by atoms with E-state index in [1.54, 1.807) is 26.8 Å². The van der Waals surface area contributed by atoms with E-state index in [9.17, 15) is 19.2 Å². The Morgan fingerprint density at radius 1 is 1.10 bits per heavy atom. The second-order valence-corrected chi connectivity index (χ2v) is 7.28. The van der Waals surface area contributed by atoms with Crippen LogP contribution in [-0.4, -0.2) is 49.7 Å². The molecule has 0 bridgehead atoms. The maximum Gasteiger partial charge on any atom is 0.340 e. The number of nitrogens with one attached hydrogen (secondary N) is 2. The van der Waals surface area contributed by atoms with E-state index in [1.807, 2.05) is 0 Å². The van der Waals surface area contributed by atoms with Crippen molar-refractivity contribution in [1.82, 2.24) is 10.6 Å². The van der Waals surface area contributed by atoms with Crippen molar-refractivity contribution in [1.29, 1.82) is 0 Å². The van der Waals surface area contributed by atoms with Crippen molar-refractivity contribution in [3.8, 4) is 11.5 Å². The van der Waals surface area contributed by atoms with Gasteiger partial charge < -0.3 is 29.6 Å². The molecule has 1 aromatic carbocycles. The number of carbonyl (C=O) groups is 3.